The number of carbonyl (C=O) groups is 1. The van der Waals surface area contributed by atoms with Crippen molar-refractivity contribution < 1.29 is 9.90 Å². The fourth-order valence-corrected chi connectivity index (χ4v) is 1.99. The number of phenolic OH excluding ortho intramolecular Hbond substituents is 1. The first-order chi connectivity index (χ1) is 6.70. The summed E-state index contributed by atoms with van der Waals surface area (Å²) in [6.07, 6.45) is 1.53. The molecule has 1 amide bonds. The monoisotopic (exact) mass is 191 g/mol. The molecule has 0 heterocycles. The van der Waals surface area contributed by atoms with Gasteiger partial charge in [0.15, 0.2) is 0 Å². The number of fused-ring (bicyclic) bond motifs is 1. The third kappa shape index (κ3) is 1.45. The van der Waals surface area contributed by atoms with E-state index in [1.807, 2.05) is 6.07 Å². The molecule has 0 saturated heterocycles. The number of benzene rings is 1. The molecule has 1 aromatic rings. The summed E-state index contributed by atoms with van der Waals surface area (Å²) in [4.78, 5) is 11.4. The predicted molar refractivity (Wildman–Crippen MR) is 53.1 cm³/mol. The molecule has 2 rings (SSSR count). The maximum atomic E-state index is 11.4. The topological polar surface area (TPSA) is 49.3 Å². The molecule has 1 atom stereocenters. The summed E-state index contributed by atoms with van der Waals surface area (Å²) in [6.45, 7) is 0. The number of rotatable bonds is 1. The van der Waals surface area contributed by atoms with Gasteiger partial charge >= 0.3 is 0 Å². The lowest BCUT2D eigenvalue weighted by Crippen LogP contribution is -2.27. The van der Waals surface area contributed by atoms with Crippen molar-refractivity contribution in [3.8, 4) is 5.75 Å². The molecule has 0 spiro atoms. The van der Waals surface area contributed by atoms with Crippen LogP contribution in [0.3, 0.4) is 0 Å². The van der Waals surface area contributed by atoms with Gasteiger partial charge in [0.1, 0.15) is 5.75 Å². The molecule has 3 nitrogen and oxygen atoms in total. The summed E-state index contributed by atoms with van der Waals surface area (Å²) in [5, 5.41) is 11.9. The standard InChI is InChI=1S/C11H13NO2/c1-12-11(14)9-4-7-2-3-10(13)6-8(7)5-9/h2-3,6,9,13H,4-5H2,1H3,(H,12,14). The van der Waals surface area contributed by atoms with Crippen molar-refractivity contribution >= 4 is 5.91 Å². The second-order valence-electron chi connectivity index (χ2n) is 3.67. The lowest BCUT2D eigenvalue weighted by atomic mass is 10.1. The van der Waals surface area contributed by atoms with Crippen molar-refractivity contribution in [2.45, 2.75) is 12.8 Å². The van der Waals surface area contributed by atoms with Crippen LogP contribution in [0.5, 0.6) is 5.75 Å². The third-order valence-corrected chi connectivity index (χ3v) is 2.74. The molecule has 14 heavy (non-hydrogen) atoms. The molecular formula is C11H13NO2. The molecule has 3 heteroatoms. The van der Waals surface area contributed by atoms with Crippen molar-refractivity contribution in [3.63, 3.8) is 0 Å². The second-order valence-corrected chi connectivity index (χ2v) is 3.67. The zero-order chi connectivity index (χ0) is 10.1. The van der Waals surface area contributed by atoms with Gasteiger partial charge in [-0.1, -0.05) is 6.07 Å². The highest BCUT2D eigenvalue weighted by atomic mass is 16.3. The highest BCUT2D eigenvalue weighted by Crippen LogP contribution is 2.29. The average Bonchev–Trinajstić information content (AvgIpc) is 2.59. The predicted octanol–water partition coefficient (Wildman–Crippen LogP) is 0.853. The maximum Gasteiger partial charge on any atom is 0.223 e. The highest BCUT2D eigenvalue weighted by Gasteiger charge is 2.26. The van der Waals surface area contributed by atoms with Crippen LogP contribution in [0.25, 0.3) is 0 Å². The summed E-state index contributed by atoms with van der Waals surface area (Å²) in [7, 11) is 1.66. The molecular weight excluding hydrogens is 178 g/mol. The largest absolute Gasteiger partial charge is 0.508 e. The van der Waals surface area contributed by atoms with Crippen LogP contribution in [0.15, 0.2) is 18.2 Å². The Bertz CT molecular complexity index is 374. The minimum absolute atomic E-state index is 0.0387. The smallest absolute Gasteiger partial charge is 0.223 e. The Balaban J connectivity index is 2.22. The van der Waals surface area contributed by atoms with Gasteiger partial charge in [0.2, 0.25) is 5.91 Å². The number of aromatic hydroxyl groups is 1. The first-order valence-corrected chi connectivity index (χ1v) is 4.73. The third-order valence-electron chi connectivity index (χ3n) is 2.74. The van der Waals surface area contributed by atoms with E-state index >= 15 is 0 Å². The van der Waals surface area contributed by atoms with E-state index in [0.717, 1.165) is 18.4 Å². The van der Waals surface area contributed by atoms with Gasteiger partial charge in [-0.3, -0.25) is 4.79 Å². The maximum absolute atomic E-state index is 11.4. The minimum atomic E-state index is 0.0387. The van der Waals surface area contributed by atoms with Crippen molar-refractivity contribution in [2.24, 2.45) is 5.92 Å². The molecule has 1 aliphatic rings. The van der Waals surface area contributed by atoms with Gasteiger partial charge in [-0.2, -0.15) is 0 Å². The van der Waals surface area contributed by atoms with E-state index in [1.165, 1.54) is 5.56 Å². The molecule has 1 unspecified atom stereocenters. The zero-order valence-corrected chi connectivity index (χ0v) is 8.08. The number of phenols is 1. The summed E-state index contributed by atoms with van der Waals surface area (Å²) in [6, 6.07) is 5.32. The van der Waals surface area contributed by atoms with E-state index in [2.05, 4.69) is 5.32 Å². The minimum Gasteiger partial charge on any atom is -0.508 e. The summed E-state index contributed by atoms with van der Waals surface area (Å²) in [5.41, 5.74) is 2.27. The fourth-order valence-electron chi connectivity index (χ4n) is 1.99. The van der Waals surface area contributed by atoms with Crippen molar-refractivity contribution in [3.05, 3.63) is 29.3 Å². The van der Waals surface area contributed by atoms with Crippen molar-refractivity contribution in [1.82, 2.24) is 5.32 Å². The van der Waals surface area contributed by atoms with Crippen LogP contribution in [-0.2, 0) is 17.6 Å². The van der Waals surface area contributed by atoms with E-state index < -0.39 is 0 Å². The number of nitrogens with one attached hydrogen (secondary N) is 1. The first kappa shape index (κ1) is 9.06. The van der Waals surface area contributed by atoms with Gasteiger partial charge in [-0.25, -0.2) is 0 Å². The van der Waals surface area contributed by atoms with E-state index in [0.29, 0.717) is 0 Å². The van der Waals surface area contributed by atoms with Crippen LogP contribution in [0.1, 0.15) is 11.1 Å². The Kier molecular flexibility index (Phi) is 2.15. The van der Waals surface area contributed by atoms with Crippen LogP contribution in [0.4, 0.5) is 0 Å². The van der Waals surface area contributed by atoms with Gasteiger partial charge in [0, 0.05) is 13.0 Å². The van der Waals surface area contributed by atoms with E-state index in [1.54, 1.807) is 19.2 Å². The molecule has 0 radical (unpaired) electrons. The van der Waals surface area contributed by atoms with Gasteiger partial charge in [-0.15, -0.1) is 0 Å². The van der Waals surface area contributed by atoms with Crippen LogP contribution >= 0.6 is 0 Å². The van der Waals surface area contributed by atoms with Crippen molar-refractivity contribution in [1.29, 1.82) is 0 Å². The average molecular weight is 191 g/mol. The molecule has 0 aliphatic heterocycles. The quantitative estimate of drug-likeness (QED) is 0.691. The molecule has 1 aromatic carbocycles. The Morgan fingerprint density at radius 2 is 2.14 bits per heavy atom. The Hall–Kier alpha value is -1.51. The SMILES string of the molecule is CNC(=O)C1Cc2ccc(O)cc2C1. The Morgan fingerprint density at radius 3 is 2.86 bits per heavy atom. The lowest BCUT2D eigenvalue weighted by molar-refractivity contribution is -0.124. The van der Waals surface area contributed by atoms with Crippen LogP contribution in [0, 0.1) is 5.92 Å². The van der Waals surface area contributed by atoms with Crippen molar-refractivity contribution in [2.75, 3.05) is 7.05 Å². The van der Waals surface area contributed by atoms with Gasteiger partial charge in [-0.05, 0) is 36.1 Å². The summed E-state index contributed by atoms with van der Waals surface area (Å²) < 4.78 is 0. The normalized spacial score (nSPS) is 19.1. The molecule has 0 saturated carbocycles. The van der Waals surface area contributed by atoms with Crippen LogP contribution < -0.4 is 5.32 Å². The molecule has 74 valence electrons. The number of hydrogen-bond acceptors (Lipinski definition) is 2. The van der Waals surface area contributed by atoms with Gasteiger partial charge < -0.3 is 10.4 Å². The zero-order valence-electron chi connectivity index (χ0n) is 8.08. The highest BCUT2D eigenvalue weighted by molar-refractivity contribution is 5.80. The lowest BCUT2D eigenvalue weighted by Gasteiger charge is -2.05. The van der Waals surface area contributed by atoms with Crippen LogP contribution in [-0.4, -0.2) is 18.1 Å². The molecule has 0 fully saturated rings. The number of hydrogen-bond donors (Lipinski definition) is 2. The summed E-state index contributed by atoms with van der Waals surface area (Å²) in [5.74, 6) is 0.402. The fraction of sp³-hybridized carbons (Fsp3) is 0.364. The molecule has 0 aromatic heterocycles. The second kappa shape index (κ2) is 3.33. The van der Waals surface area contributed by atoms with Crippen LogP contribution in [0.2, 0.25) is 0 Å². The molecule has 0 bridgehead atoms. The Morgan fingerprint density at radius 1 is 1.43 bits per heavy atom. The first-order valence-electron chi connectivity index (χ1n) is 4.73. The summed E-state index contributed by atoms with van der Waals surface area (Å²) >= 11 is 0. The molecule has 1 aliphatic carbocycles. The van der Waals surface area contributed by atoms with E-state index in [4.69, 9.17) is 0 Å². The van der Waals surface area contributed by atoms with Gasteiger partial charge in [0.05, 0.1) is 0 Å². The van der Waals surface area contributed by atoms with Gasteiger partial charge in [0.25, 0.3) is 0 Å². The van der Waals surface area contributed by atoms with E-state index in [9.17, 15) is 9.90 Å². The van der Waals surface area contributed by atoms with E-state index in [-0.39, 0.29) is 17.6 Å². The Labute approximate surface area is 82.8 Å². The number of amides is 1. The molecule has 2 N–H and O–H groups in total. The number of carbonyl (C=O) groups excluding carboxylic acids is 1.